The molecule has 2 aromatic heterocycles. The lowest BCUT2D eigenvalue weighted by Crippen LogP contribution is -2.20. The molecule has 0 aliphatic carbocycles. The van der Waals surface area contributed by atoms with Crippen molar-refractivity contribution in [2.24, 2.45) is 4.99 Å². The van der Waals surface area contributed by atoms with Crippen LogP contribution in [0.3, 0.4) is 0 Å². The number of aliphatic imine (C=N–C) groups is 1. The molecule has 4 aromatic rings. The Hall–Kier alpha value is -3.73. The Bertz CT molecular complexity index is 1190. The predicted octanol–water partition coefficient (Wildman–Crippen LogP) is 4.15. The summed E-state index contributed by atoms with van der Waals surface area (Å²) >= 11 is 0. The fraction of sp³-hybridized carbons (Fsp3) is 0.0455. The molecule has 0 saturated carbocycles. The topological polar surface area (TPSA) is 67.5 Å². The normalized spacial score (nSPS) is 11.3. The highest BCUT2D eigenvalue weighted by Crippen LogP contribution is 2.26. The van der Waals surface area contributed by atoms with Crippen LogP contribution in [0.5, 0.6) is 5.88 Å². The highest BCUT2D eigenvalue weighted by atomic mass is 16.3. The first-order chi connectivity index (χ1) is 13.1. The van der Waals surface area contributed by atoms with Crippen LogP contribution in [-0.4, -0.2) is 20.9 Å². The van der Waals surface area contributed by atoms with Crippen LogP contribution in [0.1, 0.15) is 11.1 Å². The van der Waals surface area contributed by atoms with E-state index in [0.717, 1.165) is 5.56 Å². The van der Waals surface area contributed by atoms with E-state index >= 15 is 0 Å². The standard InChI is InChI=1S/C22H17N3O2/c1-15-9-11-16(12-10-15)25-21(26)18-7-3-2-6-17(18)19(22(25)27)14-24-20-8-4-5-13-23-20/h2-14,27H,1H3/b24-14+. The average Bonchev–Trinajstić information content (AvgIpc) is 2.70. The van der Waals surface area contributed by atoms with Gasteiger partial charge in [-0.3, -0.25) is 4.79 Å². The fourth-order valence-corrected chi connectivity index (χ4v) is 2.98. The molecule has 0 unspecified atom stereocenters. The average molecular weight is 355 g/mol. The zero-order chi connectivity index (χ0) is 18.8. The van der Waals surface area contributed by atoms with Gasteiger partial charge in [-0.1, -0.05) is 42.0 Å². The molecular weight excluding hydrogens is 338 g/mol. The van der Waals surface area contributed by atoms with Crippen molar-refractivity contribution < 1.29 is 5.11 Å². The van der Waals surface area contributed by atoms with E-state index in [-0.39, 0.29) is 11.4 Å². The molecule has 0 bridgehead atoms. The van der Waals surface area contributed by atoms with Gasteiger partial charge in [0, 0.05) is 23.2 Å². The highest BCUT2D eigenvalue weighted by molar-refractivity contribution is 6.02. The van der Waals surface area contributed by atoms with Crippen molar-refractivity contribution in [3.63, 3.8) is 0 Å². The second kappa shape index (κ2) is 6.88. The third kappa shape index (κ3) is 3.11. The first kappa shape index (κ1) is 16.7. The smallest absolute Gasteiger partial charge is 0.265 e. The van der Waals surface area contributed by atoms with Gasteiger partial charge in [-0.2, -0.15) is 0 Å². The molecule has 132 valence electrons. The molecule has 0 radical (unpaired) electrons. The largest absolute Gasteiger partial charge is 0.494 e. The summed E-state index contributed by atoms with van der Waals surface area (Å²) in [5.74, 6) is 0.372. The lowest BCUT2D eigenvalue weighted by molar-refractivity contribution is 0.436. The Morgan fingerprint density at radius 3 is 2.37 bits per heavy atom. The summed E-state index contributed by atoms with van der Waals surface area (Å²) in [6.45, 7) is 1.97. The molecule has 2 heterocycles. The van der Waals surface area contributed by atoms with Crippen molar-refractivity contribution >= 4 is 22.8 Å². The van der Waals surface area contributed by atoms with E-state index in [1.165, 1.54) is 4.57 Å². The van der Waals surface area contributed by atoms with Crippen molar-refractivity contribution in [3.05, 3.63) is 94.4 Å². The van der Waals surface area contributed by atoms with E-state index in [4.69, 9.17) is 0 Å². The molecule has 0 atom stereocenters. The number of hydrogen-bond acceptors (Lipinski definition) is 4. The lowest BCUT2D eigenvalue weighted by atomic mass is 10.1. The molecule has 0 saturated heterocycles. The lowest BCUT2D eigenvalue weighted by Gasteiger charge is -2.13. The third-order valence-electron chi connectivity index (χ3n) is 4.37. The van der Waals surface area contributed by atoms with Gasteiger partial charge < -0.3 is 5.11 Å². The summed E-state index contributed by atoms with van der Waals surface area (Å²) in [6, 6.07) is 20.0. The van der Waals surface area contributed by atoms with Crippen LogP contribution in [0.25, 0.3) is 16.5 Å². The molecule has 27 heavy (non-hydrogen) atoms. The van der Waals surface area contributed by atoms with Gasteiger partial charge in [0.2, 0.25) is 5.88 Å². The number of rotatable bonds is 3. The minimum absolute atomic E-state index is 0.151. The summed E-state index contributed by atoms with van der Waals surface area (Å²) < 4.78 is 1.31. The summed E-state index contributed by atoms with van der Waals surface area (Å²) in [5, 5.41) is 12.1. The quantitative estimate of drug-likeness (QED) is 0.561. The van der Waals surface area contributed by atoms with E-state index < -0.39 is 0 Å². The van der Waals surface area contributed by atoms with Gasteiger partial charge in [0.25, 0.3) is 5.56 Å². The first-order valence-corrected chi connectivity index (χ1v) is 8.54. The van der Waals surface area contributed by atoms with Gasteiger partial charge >= 0.3 is 0 Å². The molecule has 0 fully saturated rings. The number of fused-ring (bicyclic) bond motifs is 1. The van der Waals surface area contributed by atoms with Crippen LogP contribution in [0.2, 0.25) is 0 Å². The van der Waals surface area contributed by atoms with Gasteiger partial charge in [-0.05, 0) is 37.3 Å². The Morgan fingerprint density at radius 2 is 1.67 bits per heavy atom. The van der Waals surface area contributed by atoms with Crippen LogP contribution >= 0.6 is 0 Å². The van der Waals surface area contributed by atoms with Crippen molar-refractivity contribution in [1.82, 2.24) is 9.55 Å². The van der Waals surface area contributed by atoms with Gasteiger partial charge in [-0.15, -0.1) is 0 Å². The molecule has 1 N–H and O–H groups in total. The summed E-state index contributed by atoms with van der Waals surface area (Å²) in [6.07, 6.45) is 3.20. The number of benzene rings is 2. The van der Waals surface area contributed by atoms with Crippen molar-refractivity contribution in [2.45, 2.75) is 6.92 Å². The fourth-order valence-electron chi connectivity index (χ4n) is 2.98. The monoisotopic (exact) mass is 355 g/mol. The molecule has 0 amide bonds. The maximum atomic E-state index is 13.0. The van der Waals surface area contributed by atoms with Crippen molar-refractivity contribution in [2.75, 3.05) is 0 Å². The Morgan fingerprint density at radius 1 is 0.963 bits per heavy atom. The molecule has 5 nitrogen and oxygen atoms in total. The van der Waals surface area contributed by atoms with Crippen LogP contribution < -0.4 is 5.56 Å². The zero-order valence-electron chi connectivity index (χ0n) is 14.7. The van der Waals surface area contributed by atoms with E-state index in [1.807, 2.05) is 49.4 Å². The van der Waals surface area contributed by atoms with Crippen LogP contribution in [0, 0.1) is 6.92 Å². The van der Waals surface area contributed by atoms with E-state index in [2.05, 4.69) is 9.98 Å². The SMILES string of the molecule is Cc1ccc(-n2c(O)c(/C=N/c3ccccn3)c3ccccc3c2=O)cc1. The van der Waals surface area contributed by atoms with Gasteiger partial charge in [0.05, 0.1) is 11.3 Å². The van der Waals surface area contributed by atoms with Gasteiger partial charge in [-0.25, -0.2) is 14.5 Å². The Kier molecular flexibility index (Phi) is 4.26. The second-order valence-electron chi connectivity index (χ2n) is 6.21. The van der Waals surface area contributed by atoms with E-state index in [9.17, 15) is 9.90 Å². The summed E-state index contributed by atoms with van der Waals surface area (Å²) in [5.41, 5.74) is 1.86. The number of nitrogens with zero attached hydrogens (tertiary/aromatic N) is 3. The van der Waals surface area contributed by atoms with Gasteiger partial charge in [0.15, 0.2) is 5.82 Å². The summed E-state index contributed by atoms with van der Waals surface area (Å²) in [4.78, 5) is 21.5. The number of aromatic hydroxyl groups is 1. The Balaban J connectivity index is 1.99. The molecule has 5 heteroatoms. The molecule has 2 aromatic carbocycles. The number of pyridine rings is 2. The molecule has 0 aliphatic heterocycles. The van der Waals surface area contributed by atoms with Crippen LogP contribution in [0.4, 0.5) is 5.82 Å². The minimum atomic E-state index is -0.276. The third-order valence-corrected chi connectivity index (χ3v) is 4.37. The van der Waals surface area contributed by atoms with E-state index in [0.29, 0.717) is 27.8 Å². The summed E-state index contributed by atoms with van der Waals surface area (Å²) in [7, 11) is 0. The zero-order valence-corrected chi connectivity index (χ0v) is 14.7. The second-order valence-corrected chi connectivity index (χ2v) is 6.21. The van der Waals surface area contributed by atoms with Crippen molar-refractivity contribution in [3.8, 4) is 11.6 Å². The maximum absolute atomic E-state index is 13.0. The number of hydrogen-bond donors (Lipinski definition) is 1. The van der Waals surface area contributed by atoms with Gasteiger partial charge in [0.1, 0.15) is 0 Å². The minimum Gasteiger partial charge on any atom is -0.494 e. The number of aryl methyl sites for hydroxylation is 1. The highest BCUT2D eigenvalue weighted by Gasteiger charge is 2.16. The van der Waals surface area contributed by atoms with Crippen molar-refractivity contribution in [1.29, 1.82) is 0 Å². The first-order valence-electron chi connectivity index (χ1n) is 8.54. The van der Waals surface area contributed by atoms with Crippen LogP contribution in [0.15, 0.2) is 82.7 Å². The maximum Gasteiger partial charge on any atom is 0.265 e. The molecular formula is C22H17N3O2. The predicted molar refractivity (Wildman–Crippen MR) is 107 cm³/mol. The molecule has 0 aliphatic rings. The molecule has 4 rings (SSSR count). The van der Waals surface area contributed by atoms with Crippen LogP contribution in [-0.2, 0) is 0 Å². The molecule has 0 spiro atoms. The van der Waals surface area contributed by atoms with E-state index in [1.54, 1.807) is 36.7 Å². The number of aromatic nitrogens is 2. The Labute approximate surface area is 155 Å².